The maximum Gasteiger partial charge on any atom is 0.0843 e. The van der Waals surface area contributed by atoms with Crippen molar-refractivity contribution in [1.29, 1.82) is 0 Å². The van der Waals surface area contributed by atoms with Crippen LogP contribution in [0, 0.1) is 3.57 Å². The first-order chi connectivity index (χ1) is 12.2. The number of rotatable bonds is 5. The van der Waals surface area contributed by atoms with Crippen molar-refractivity contribution in [3.05, 3.63) is 46.0 Å². The van der Waals surface area contributed by atoms with Gasteiger partial charge >= 0.3 is 0 Å². The third kappa shape index (κ3) is 3.71. The summed E-state index contributed by atoms with van der Waals surface area (Å²) in [6.07, 6.45) is 6.13. The summed E-state index contributed by atoms with van der Waals surface area (Å²) < 4.78 is 3.51. The molecule has 1 aliphatic rings. The number of hydrogen-bond acceptors (Lipinski definition) is 2. The van der Waals surface area contributed by atoms with E-state index in [4.69, 9.17) is 0 Å². The molecule has 3 nitrogen and oxygen atoms in total. The molecule has 1 heterocycles. The number of aromatic nitrogens is 1. The fourth-order valence-corrected chi connectivity index (χ4v) is 4.60. The van der Waals surface area contributed by atoms with Gasteiger partial charge in [0.05, 0.1) is 12.6 Å². The Morgan fingerprint density at radius 1 is 1.04 bits per heavy atom. The van der Waals surface area contributed by atoms with Crippen molar-refractivity contribution < 1.29 is 5.11 Å². The second-order valence-electron chi connectivity index (χ2n) is 7.19. The van der Waals surface area contributed by atoms with Crippen LogP contribution in [-0.4, -0.2) is 28.4 Å². The Kier molecular flexibility index (Phi) is 5.29. The number of benzene rings is 2. The van der Waals surface area contributed by atoms with Crippen LogP contribution in [0.5, 0.6) is 0 Å². The van der Waals surface area contributed by atoms with E-state index in [1.165, 1.54) is 57.5 Å². The van der Waals surface area contributed by atoms with Crippen LogP contribution < -0.4 is 5.32 Å². The second kappa shape index (κ2) is 7.64. The van der Waals surface area contributed by atoms with Gasteiger partial charge in [0.1, 0.15) is 0 Å². The van der Waals surface area contributed by atoms with Gasteiger partial charge in [-0.2, -0.15) is 0 Å². The van der Waals surface area contributed by atoms with E-state index in [1.54, 1.807) is 0 Å². The normalized spacial score (nSPS) is 17.4. The number of nitrogens with zero attached hydrogens (tertiary/aromatic N) is 1. The molecule has 1 aliphatic carbocycles. The molecule has 1 saturated carbocycles. The highest BCUT2D eigenvalue weighted by Crippen LogP contribution is 2.30. The second-order valence-corrected chi connectivity index (χ2v) is 8.43. The van der Waals surface area contributed by atoms with Crippen LogP contribution in [0.25, 0.3) is 21.8 Å². The number of hydrogen-bond donors (Lipinski definition) is 2. The van der Waals surface area contributed by atoms with Gasteiger partial charge in [-0.1, -0.05) is 37.5 Å². The summed E-state index contributed by atoms with van der Waals surface area (Å²) in [7, 11) is 0. The van der Waals surface area contributed by atoms with E-state index in [9.17, 15) is 5.11 Å². The lowest BCUT2D eigenvalue weighted by molar-refractivity contribution is 0.147. The zero-order valence-electron chi connectivity index (χ0n) is 14.4. The number of para-hydroxylation sites is 1. The highest BCUT2D eigenvalue weighted by atomic mass is 127. The van der Waals surface area contributed by atoms with Gasteiger partial charge in [0, 0.05) is 38.0 Å². The Morgan fingerprint density at radius 2 is 1.80 bits per heavy atom. The topological polar surface area (TPSA) is 37.2 Å². The minimum absolute atomic E-state index is 0.375. The van der Waals surface area contributed by atoms with Crippen molar-refractivity contribution in [2.24, 2.45) is 0 Å². The average Bonchev–Trinajstić information content (AvgIpc) is 2.94. The molecule has 132 valence electrons. The van der Waals surface area contributed by atoms with E-state index in [0.29, 0.717) is 19.1 Å². The van der Waals surface area contributed by atoms with Crippen LogP contribution in [0.15, 0.2) is 42.5 Å². The van der Waals surface area contributed by atoms with E-state index in [-0.39, 0.29) is 6.10 Å². The van der Waals surface area contributed by atoms with E-state index in [2.05, 4.69) is 74.9 Å². The van der Waals surface area contributed by atoms with Crippen LogP contribution >= 0.6 is 22.6 Å². The van der Waals surface area contributed by atoms with Gasteiger partial charge in [0.2, 0.25) is 0 Å². The molecule has 0 aliphatic heterocycles. The molecular formula is C21H25IN2O. The quantitative estimate of drug-likeness (QED) is 0.557. The molecule has 2 N–H and O–H groups in total. The van der Waals surface area contributed by atoms with Gasteiger partial charge in [-0.05, 0) is 59.7 Å². The largest absolute Gasteiger partial charge is 0.390 e. The Bertz CT molecular complexity index is 867. The number of halogens is 1. The third-order valence-corrected chi connectivity index (χ3v) is 6.05. The fraction of sp³-hybridized carbons (Fsp3) is 0.429. The maximum atomic E-state index is 10.6. The van der Waals surface area contributed by atoms with E-state index < -0.39 is 0 Å². The summed E-state index contributed by atoms with van der Waals surface area (Å²) in [6, 6.07) is 15.6. The van der Waals surface area contributed by atoms with Gasteiger partial charge in [-0.25, -0.2) is 0 Å². The number of fused-ring (bicyclic) bond motifs is 3. The molecule has 0 spiro atoms. The minimum Gasteiger partial charge on any atom is -0.390 e. The molecule has 0 radical (unpaired) electrons. The molecule has 0 unspecified atom stereocenters. The predicted molar refractivity (Wildman–Crippen MR) is 113 cm³/mol. The Morgan fingerprint density at radius 3 is 2.64 bits per heavy atom. The number of aliphatic hydroxyl groups is 1. The summed E-state index contributed by atoms with van der Waals surface area (Å²) in [5.74, 6) is 0. The molecule has 0 amide bonds. The highest BCUT2D eigenvalue weighted by molar-refractivity contribution is 14.1. The maximum absolute atomic E-state index is 10.6. The van der Waals surface area contributed by atoms with Crippen molar-refractivity contribution in [2.45, 2.75) is 50.8 Å². The molecule has 1 fully saturated rings. The summed E-state index contributed by atoms with van der Waals surface area (Å²) in [5, 5.41) is 16.8. The van der Waals surface area contributed by atoms with Crippen molar-refractivity contribution in [1.82, 2.24) is 9.88 Å². The predicted octanol–water partition coefficient (Wildman–Crippen LogP) is 4.68. The standard InChI is InChI=1S/C21H25IN2O/c22-15-10-11-21-19(12-15)18-8-4-5-9-20(18)24(21)14-17(25)13-23-16-6-2-1-3-7-16/h4-5,8-12,16-17,23,25H,1-3,6-7,13-14H2/t17-/m0/s1. The zero-order valence-corrected chi connectivity index (χ0v) is 16.6. The molecule has 25 heavy (non-hydrogen) atoms. The lowest BCUT2D eigenvalue weighted by atomic mass is 9.95. The van der Waals surface area contributed by atoms with Crippen LogP contribution in [0.2, 0.25) is 0 Å². The summed E-state index contributed by atoms with van der Waals surface area (Å²) >= 11 is 2.36. The molecule has 0 saturated heterocycles. The van der Waals surface area contributed by atoms with Crippen molar-refractivity contribution in [3.8, 4) is 0 Å². The number of aliphatic hydroxyl groups excluding tert-OH is 1. The van der Waals surface area contributed by atoms with Gasteiger partial charge in [-0.3, -0.25) is 0 Å². The Hall–Kier alpha value is -1.11. The van der Waals surface area contributed by atoms with Crippen LogP contribution in [0.1, 0.15) is 32.1 Å². The van der Waals surface area contributed by atoms with Gasteiger partial charge in [0.15, 0.2) is 0 Å². The first kappa shape index (κ1) is 17.3. The smallest absolute Gasteiger partial charge is 0.0843 e. The minimum atomic E-state index is -0.375. The number of nitrogens with one attached hydrogen (secondary N) is 1. The molecule has 4 heteroatoms. The molecular weight excluding hydrogens is 423 g/mol. The van der Waals surface area contributed by atoms with E-state index in [1.807, 2.05) is 0 Å². The monoisotopic (exact) mass is 448 g/mol. The zero-order chi connectivity index (χ0) is 17.2. The molecule has 2 aromatic carbocycles. The average molecular weight is 448 g/mol. The molecule has 4 rings (SSSR count). The van der Waals surface area contributed by atoms with Crippen molar-refractivity contribution in [3.63, 3.8) is 0 Å². The van der Waals surface area contributed by atoms with Gasteiger partial charge < -0.3 is 15.0 Å². The summed E-state index contributed by atoms with van der Waals surface area (Å²) in [4.78, 5) is 0. The van der Waals surface area contributed by atoms with Crippen LogP contribution in [0.3, 0.4) is 0 Å². The third-order valence-electron chi connectivity index (χ3n) is 5.38. The molecule has 1 atom stereocenters. The fourth-order valence-electron chi connectivity index (χ4n) is 4.11. The van der Waals surface area contributed by atoms with Crippen molar-refractivity contribution >= 4 is 44.4 Å². The van der Waals surface area contributed by atoms with Crippen LogP contribution in [-0.2, 0) is 6.54 Å². The van der Waals surface area contributed by atoms with Crippen molar-refractivity contribution in [2.75, 3.05) is 6.54 Å². The SMILES string of the molecule is O[C@@H](CNC1CCCCC1)Cn1c2ccccc2c2cc(I)ccc21. The summed E-state index contributed by atoms with van der Waals surface area (Å²) in [5.41, 5.74) is 2.41. The molecule has 0 bridgehead atoms. The lowest BCUT2D eigenvalue weighted by Gasteiger charge is -2.24. The van der Waals surface area contributed by atoms with Gasteiger partial charge in [-0.15, -0.1) is 0 Å². The van der Waals surface area contributed by atoms with E-state index >= 15 is 0 Å². The van der Waals surface area contributed by atoms with Crippen LogP contribution in [0.4, 0.5) is 0 Å². The molecule has 3 aromatic rings. The first-order valence-electron chi connectivity index (χ1n) is 9.30. The highest BCUT2D eigenvalue weighted by Gasteiger charge is 2.17. The summed E-state index contributed by atoms with van der Waals surface area (Å²) in [6.45, 7) is 1.30. The molecule has 1 aromatic heterocycles. The Balaban J connectivity index is 1.57. The Labute approximate surface area is 162 Å². The van der Waals surface area contributed by atoms with Gasteiger partial charge in [0.25, 0.3) is 0 Å². The van der Waals surface area contributed by atoms with E-state index in [0.717, 1.165) is 0 Å². The first-order valence-corrected chi connectivity index (χ1v) is 10.4. The lowest BCUT2D eigenvalue weighted by Crippen LogP contribution is -2.38.